The topological polar surface area (TPSA) is 142 Å². The first-order valence-electron chi connectivity index (χ1n) is 16.6. The minimum atomic E-state index is -1.43. The summed E-state index contributed by atoms with van der Waals surface area (Å²) in [6.07, 6.45) is 4.52. The molecule has 3 fully saturated rings. The fraction of sp³-hybridized carbons (Fsp3) is 0.969. The highest BCUT2D eigenvalue weighted by Crippen LogP contribution is 2.41. The summed E-state index contributed by atoms with van der Waals surface area (Å²) in [5.41, 5.74) is 0. The van der Waals surface area contributed by atoms with E-state index in [1.807, 2.05) is 20.8 Å². The molecule has 3 saturated heterocycles. The Kier molecular flexibility index (Phi) is 15.1. The van der Waals surface area contributed by atoms with Crippen LogP contribution in [0.1, 0.15) is 118 Å². The highest BCUT2D eigenvalue weighted by Gasteiger charge is 2.57. The molecule has 0 aliphatic carbocycles. The number of carbonyl (C=O) groups is 1. The second-order valence-electron chi connectivity index (χ2n) is 12.9. The maximum absolute atomic E-state index is 11.2. The van der Waals surface area contributed by atoms with Crippen molar-refractivity contribution in [3.05, 3.63) is 0 Å². The monoisotopic (exact) mass is 618 g/mol. The van der Waals surface area contributed by atoms with E-state index in [1.165, 1.54) is 7.11 Å². The minimum absolute atomic E-state index is 0.0234. The highest BCUT2D eigenvalue weighted by atomic mass is 16.8. The molecule has 3 N–H and O–H groups in total. The van der Waals surface area contributed by atoms with E-state index < -0.39 is 67.2 Å². The molecule has 0 saturated carbocycles. The summed E-state index contributed by atoms with van der Waals surface area (Å²) in [4.78, 5) is 11.2. The van der Waals surface area contributed by atoms with Crippen LogP contribution >= 0.6 is 0 Å². The van der Waals surface area contributed by atoms with Gasteiger partial charge in [0.25, 0.3) is 0 Å². The van der Waals surface area contributed by atoms with E-state index in [0.717, 1.165) is 77.0 Å². The fourth-order valence-corrected chi connectivity index (χ4v) is 6.21. The summed E-state index contributed by atoms with van der Waals surface area (Å²) >= 11 is 0. The lowest BCUT2D eigenvalue weighted by molar-refractivity contribution is -0.345. The third-order valence-corrected chi connectivity index (χ3v) is 8.76. The number of hydrogen-bond acceptors (Lipinski definition) is 11. The molecule has 11 atom stereocenters. The normalized spacial score (nSPS) is 36.3. The molecule has 0 radical (unpaired) electrons. The van der Waals surface area contributed by atoms with Crippen molar-refractivity contribution in [2.75, 3.05) is 7.11 Å². The van der Waals surface area contributed by atoms with Crippen molar-refractivity contribution in [1.82, 2.24) is 0 Å². The van der Waals surface area contributed by atoms with Crippen molar-refractivity contribution in [3.8, 4) is 0 Å². The molecule has 0 amide bonds. The molecule has 3 aliphatic heterocycles. The smallest absolute Gasteiger partial charge is 0.305 e. The van der Waals surface area contributed by atoms with Crippen molar-refractivity contribution in [2.45, 2.75) is 191 Å². The van der Waals surface area contributed by atoms with Crippen LogP contribution in [0.4, 0.5) is 0 Å². The molecule has 11 heteroatoms. The Morgan fingerprint density at radius 1 is 0.767 bits per heavy atom. The lowest BCUT2D eigenvalue weighted by atomic mass is 9.97. The maximum atomic E-state index is 11.2. The summed E-state index contributed by atoms with van der Waals surface area (Å²) in [5.74, 6) is -1.03. The summed E-state index contributed by atoms with van der Waals surface area (Å²) < 4.78 is 42.2. The molecule has 0 aromatic rings. The zero-order valence-corrected chi connectivity index (χ0v) is 27.2. The third-order valence-electron chi connectivity index (χ3n) is 8.76. The van der Waals surface area contributed by atoms with Crippen molar-refractivity contribution < 1.29 is 53.3 Å². The number of ether oxygens (including phenoxy) is 7. The number of unbranched alkanes of at least 4 members (excludes halogenated alkanes) is 8. The van der Waals surface area contributed by atoms with Gasteiger partial charge in [0.15, 0.2) is 18.4 Å². The molecule has 252 valence electrons. The van der Waals surface area contributed by atoms with Crippen LogP contribution in [0.25, 0.3) is 0 Å². The van der Waals surface area contributed by atoms with Crippen molar-refractivity contribution in [3.63, 3.8) is 0 Å². The van der Waals surface area contributed by atoms with Gasteiger partial charge < -0.3 is 48.5 Å². The molecule has 43 heavy (non-hydrogen) atoms. The van der Waals surface area contributed by atoms with E-state index in [-0.39, 0.29) is 12.1 Å². The Morgan fingerprint density at radius 3 is 2.00 bits per heavy atom. The number of rotatable bonds is 18. The molecule has 0 unspecified atom stereocenters. The van der Waals surface area contributed by atoms with Crippen molar-refractivity contribution in [2.24, 2.45) is 0 Å². The van der Waals surface area contributed by atoms with E-state index in [0.29, 0.717) is 6.42 Å². The molecule has 0 spiro atoms. The van der Waals surface area contributed by atoms with Gasteiger partial charge in [0, 0.05) is 6.42 Å². The molecule has 3 heterocycles. The lowest BCUT2D eigenvalue weighted by Crippen LogP contribution is -2.62. The average Bonchev–Trinajstić information content (AvgIpc) is 3.30. The number of fused-ring (bicyclic) bond motifs is 1. The van der Waals surface area contributed by atoms with Crippen LogP contribution in [0.3, 0.4) is 0 Å². The van der Waals surface area contributed by atoms with Crippen LogP contribution in [-0.2, 0) is 38.0 Å². The molecule has 0 aromatic carbocycles. The van der Waals surface area contributed by atoms with Gasteiger partial charge in [-0.05, 0) is 47.0 Å². The molecule has 0 aromatic heterocycles. The second-order valence-corrected chi connectivity index (χ2v) is 12.9. The summed E-state index contributed by atoms with van der Waals surface area (Å²) in [7, 11) is 1.43. The van der Waals surface area contributed by atoms with Gasteiger partial charge in [0.05, 0.1) is 25.4 Å². The van der Waals surface area contributed by atoms with Gasteiger partial charge in [-0.15, -0.1) is 0 Å². The van der Waals surface area contributed by atoms with Gasteiger partial charge in [-0.3, -0.25) is 4.79 Å². The van der Waals surface area contributed by atoms with Crippen LogP contribution in [0.15, 0.2) is 0 Å². The number of carbonyl (C=O) groups excluding carboxylic acids is 1. The first-order valence-corrected chi connectivity index (χ1v) is 16.6. The third kappa shape index (κ3) is 10.9. The van der Waals surface area contributed by atoms with Crippen LogP contribution in [-0.4, -0.2) is 102 Å². The highest BCUT2D eigenvalue weighted by molar-refractivity contribution is 5.68. The Labute approximate surface area is 257 Å². The Bertz CT molecular complexity index is 810. The molecule has 0 bridgehead atoms. The Hall–Kier alpha value is -0.890. The zero-order valence-electron chi connectivity index (χ0n) is 27.2. The summed E-state index contributed by atoms with van der Waals surface area (Å²) in [6.45, 7) is 9.36. The standard InChI is InChI=1S/C32H58O11/c1-7-8-14-17-22(18-15-12-10-9-11-13-16-19-23(33)37-6)40-31-29-28(42-32(4,5)43-29)27(21(3)39-31)41-30-26(36)25(35)24(34)20(2)38-30/h20-22,24-31,34-36H,7-19H2,1-6H3/t20-,21-,22-,24-,25+,26+,27-,28+,29+,30-,31-/m0/s1. The quantitative estimate of drug-likeness (QED) is 0.151. The molecular formula is C32H58O11. The van der Waals surface area contributed by atoms with Gasteiger partial charge >= 0.3 is 5.97 Å². The zero-order chi connectivity index (χ0) is 31.6. The van der Waals surface area contributed by atoms with Gasteiger partial charge in [-0.25, -0.2) is 0 Å². The van der Waals surface area contributed by atoms with Crippen molar-refractivity contribution >= 4 is 5.97 Å². The first kappa shape index (κ1) is 36.6. The Balaban J connectivity index is 1.55. The van der Waals surface area contributed by atoms with E-state index in [1.54, 1.807) is 6.92 Å². The van der Waals surface area contributed by atoms with Crippen LogP contribution in [0.2, 0.25) is 0 Å². The van der Waals surface area contributed by atoms with Gasteiger partial charge in [-0.1, -0.05) is 64.7 Å². The van der Waals surface area contributed by atoms with E-state index in [2.05, 4.69) is 6.92 Å². The first-order chi connectivity index (χ1) is 20.5. The number of methoxy groups -OCH3 is 1. The van der Waals surface area contributed by atoms with Gasteiger partial charge in [0.1, 0.15) is 36.6 Å². The fourth-order valence-electron chi connectivity index (χ4n) is 6.21. The Morgan fingerprint density at radius 2 is 1.35 bits per heavy atom. The number of aliphatic hydroxyl groups is 3. The predicted molar refractivity (Wildman–Crippen MR) is 158 cm³/mol. The lowest BCUT2D eigenvalue weighted by Gasteiger charge is -2.45. The molecule has 3 aliphatic rings. The van der Waals surface area contributed by atoms with E-state index in [9.17, 15) is 20.1 Å². The number of aliphatic hydroxyl groups excluding tert-OH is 3. The maximum Gasteiger partial charge on any atom is 0.305 e. The van der Waals surface area contributed by atoms with E-state index in [4.69, 9.17) is 33.2 Å². The SMILES string of the molecule is CCCCC[C@@H](CCCCCCCCCC(=O)OC)O[C@@H]1O[C@@H](C)[C@H](O[C@@H]2O[C@@H](C)[C@H](O)[C@@H](O)[C@H]2O)[C@H]2OC(C)(C)O[C@@H]12. The summed E-state index contributed by atoms with van der Waals surface area (Å²) in [5, 5.41) is 30.9. The van der Waals surface area contributed by atoms with Gasteiger partial charge in [-0.2, -0.15) is 0 Å². The van der Waals surface area contributed by atoms with Crippen LogP contribution in [0.5, 0.6) is 0 Å². The molecular weight excluding hydrogens is 560 g/mol. The average molecular weight is 619 g/mol. The molecule has 3 rings (SSSR count). The minimum Gasteiger partial charge on any atom is -0.469 e. The van der Waals surface area contributed by atoms with Crippen LogP contribution in [0, 0.1) is 0 Å². The molecule has 11 nitrogen and oxygen atoms in total. The largest absolute Gasteiger partial charge is 0.469 e. The van der Waals surface area contributed by atoms with Gasteiger partial charge in [0.2, 0.25) is 0 Å². The van der Waals surface area contributed by atoms with Crippen molar-refractivity contribution in [1.29, 1.82) is 0 Å². The second kappa shape index (κ2) is 17.7. The number of hydrogen-bond donors (Lipinski definition) is 3. The predicted octanol–water partition coefficient (Wildman–Crippen LogP) is 4.11. The van der Waals surface area contributed by atoms with E-state index >= 15 is 0 Å². The summed E-state index contributed by atoms with van der Waals surface area (Å²) in [6, 6.07) is 0. The number of esters is 1. The van der Waals surface area contributed by atoms with Crippen LogP contribution < -0.4 is 0 Å².